The van der Waals surface area contributed by atoms with Crippen LogP contribution in [-0.2, 0) is 4.79 Å². The number of carbonyl (C=O) groups is 1. The summed E-state index contributed by atoms with van der Waals surface area (Å²) >= 11 is 5.94. The summed E-state index contributed by atoms with van der Waals surface area (Å²) in [5.41, 5.74) is 6.04. The van der Waals surface area contributed by atoms with Gasteiger partial charge in [0.15, 0.2) is 6.10 Å². The number of benzene rings is 1. The zero-order valence-corrected chi connectivity index (χ0v) is 12.5. The van der Waals surface area contributed by atoms with Gasteiger partial charge in [-0.3, -0.25) is 4.79 Å². The first-order valence-electron chi connectivity index (χ1n) is 6.20. The maximum Gasteiger partial charge on any atom is 0.261 e. The van der Waals surface area contributed by atoms with Crippen molar-refractivity contribution < 1.29 is 9.53 Å². The summed E-state index contributed by atoms with van der Waals surface area (Å²) in [6.07, 6.45) is -0.591. The Kier molecular flexibility index (Phi) is 5.20. The van der Waals surface area contributed by atoms with Gasteiger partial charge < -0.3 is 15.8 Å². The molecule has 0 aliphatic carbocycles. The number of ether oxygens (including phenoxy) is 1. The lowest BCUT2D eigenvalue weighted by Crippen LogP contribution is -2.52. The van der Waals surface area contributed by atoms with Crippen LogP contribution in [0.4, 0.5) is 0 Å². The first-order chi connectivity index (χ1) is 8.75. The minimum atomic E-state index is -0.591. The largest absolute Gasteiger partial charge is 0.481 e. The Morgan fingerprint density at radius 1 is 1.53 bits per heavy atom. The smallest absolute Gasteiger partial charge is 0.261 e. The van der Waals surface area contributed by atoms with E-state index in [0.29, 0.717) is 17.3 Å². The highest BCUT2D eigenvalue weighted by molar-refractivity contribution is 6.31. The zero-order chi connectivity index (χ0) is 14.6. The van der Waals surface area contributed by atoms with Gasteiger partial charge in [0.1, 0.15) is 5.75 Å². The molecule has 0 bridgehead atoms. The van der Waals surface area contributed by atoms with Crippen molar-refractivity contribution in [3.05, 3.63) is 28.8 Å². The van der Waals surface area contributed by atoms with Gasteiger partial charge in [0, 0.05) is 17.1 Å². The number of hydrogen-bond donors (Lipinski definition) is 2. The van der Waals surface area contributed by atoms with E-state index < -0.39 is 11.6 Å². The zero-order valence-electron chi connectivity index (χ0n) is 11.8. The van der Waals surface area contributed by atoms with Crippen molar-refractivity contribution >= 4 is 17.5 Å². The summed E-state index contributed by atoms with van der Waals surface area (Å²) in [5, 5.41) is 3.51. The van der Waals surface area contributed by atoms with Gasteiger partial charge in [-0.2, -0.15) is 0 Å². The number of amides is 1. The van der Waals surface area contributed by atoms with Gasteiger partial charge in [-0.15, -0.1) is 0 Å². The van der Waals surface area contributed by atoms with E-state index in [9.17, 15) is 4.79 Å². The third-order valence-corrected chi connectivity index (χ3v) is 3.21. The van der Waals surface area contributed by atoms with Gasteiger partial charge in [0.25, 0.3) is 5.91 Å². The lowest BCUT2D eigenvalue weighted by atomic mass is 10.1. The van der Waals surface area contributed by atoms with E-state index in [0.717, 1.165) is 5.56 Å². The van der Waals surface area contributed by atoms with Crippen molar-refractivity contribution in [3.8, 4) is 5.75 Å². The van der Waals surface area contributed by atoms with E-state index in [4.69, 9.17) is 22.1 Å². The van der Waals surface area contributed by atoms with Crippen molar-refractivity contribution in [2.75, 3.05) is 6.54 Å². The molecule has 0 spiro atoms. The van der Waals surface area contributed by atoms with Gasteiger partial charge in [-0.05, 0) is 51.5 Å². The van der Waals surface area contributed by atoms with Crippen LogP contribution in [0, 0.1) is 6.92 Å². The van der Waals surface area contributed by atoms with Crippen LogP contribution in [0.3, 0.4) is 0 Å². The number of carbonyl (C=O) groups excluding carboxylic acids is 1. The average molecular weight is 285 g/mol. The minimum absolute atomic E-state index is 0.192. The monoisotopic (exact) mass is 284 g/mol. The van der Waals surface area contributed by atoms with Crippen molar-refractivity contribution in [2.45, 2.75) is 39.3 Å². The van der Waals surface area contributed by atoms with Crippen molar-refractivity contribution in [2.24, 2.45) is 5.73 Å². The molecule has 1 rings (SSSR count). The first kappa shape index (κ1) is 15.8. The molecule has 1 unspecified atom stereocenters. The molecule has 4 nitrogen and oxygen atoms in total. The van der Waals surface area contributed by atoms with Gasteiger partial charge >= 0.3 is 0 Å². The molecule has 3 N–H and O–H groups in total. The summed E-state index contributed by atoms with van der Waals surface area (Å²) in [6, 6.07) is 5.30. The predicted molar refractivity (Wildman–Crippen MR) is 77.6 cm³/mol. The number of hydrogen-bond acceptors (Lipinski definition) is 3. The Morgan fingerprint density at radius 2 is 2.16 bits per heavy atom. The molecule has 1 aromatic rings. The number of aryl methyl sites for hydroxylation is 1. The van der Waals surface area contributed by atoms with Crippen molar-refractivity contribution in [1.82, 2.24) is 5.32 Å². The fourth-order valence-electron chi connectivity index (χ4n) is 1.43. The molecule has 106 valence electrons. The molecular formula is C14H21ClN2O2. The molecule has 0 aliphatic heterocycles. The van der Waals surface area contributed by atoms with Crippen LogP contribution in [0.15, 0.2) is 18.2 Å². The topological polar surface area (TPSA) is 64.3 Å². The molecule has 0 aliphatic rings. The Morgan fingerprint density at radius 3 is 2.68 bits per heavy atom. The molecule has 0 saturated carbocycles. The quantitative estimate of drug-likeness (QED) is 0.872. The van der Waals surface area contributed by atoms with E-state index >= 15 is 0 Å². The van der Waals surface area contributed by atoms with Gasteiger partial charge in [-0.25, -0.2) is 0 Å². The Hall–Kier alpha value is -1.26. The number of halogens is 1. The second-order valence-electron chi connectivity index (χ2n) is 5.25. The highest BCUT2D eigenvalue weighted by Crippen LogP contribution is 2.21. The average Bonchev–Trinajstić information content (AvgIpc) is 2.33. The minimum Gasteiger partial charge on any atom is -0.481 e. The molecule has 1 atom stereocenters. The van der Waals surface area contributed by atoms with Crippen LogP contribution >= 0.6 is 11.6 Å². The fourth-order valence-corrected chi connectivity index (χ4v) is 1.55. The Labute approximate surface area is 119 Å². The summed E-state index contributed by atoms with van der Waals surface area (Å²) in [4.78, 5) is 12.0. The van der Waals surface area contributed by atoms with Crippen LogP contribution in [0.1, 0.15) is 26.3 Å². The maximum absolute atomic E-state index is 12.0. The molecule has 0 heterocycles. The second-order valence-corrected chi connectivity index (χ2v) is 5.66. The third kappa shape index (κ3) is 4.73. The van der Waals surface area contributed by atoms with Crippen LogP contribution in [-0.4, -0.2) is 24.1 Å². The first-order valence-corrected chi connectivity index (χ1v) is 6.58. The lowest BCUT2D eigenvalue weighted by Gasteiger charge is -2.26. The molecule has 0 saturated heterocycles. The normalized spacial score (nSPS) is 12.9. The van der Waals surface area contributed by atoms with E-state index in [1.165, 1.54) is 0 Å². The lowest BCUT2D eigenvalue weighted by molar-refractivity contribution is -0.128. The van der Waals surface area contributed by atoms with E-state index in [1.807, 2.05) is 20.8 Å². The van der Waals surface area contributed by atoms with Crippen LogP contribution in [0.25, 0.3) is 0 Å². The molecule has 5 heteroatoms. The van der Waals surface area contributed by atoms with E-state index in [-0.39, 0.29) is 5.91 Å². The summed E-state index contributed by atoms with van der Waals surface area (Å²) in [5.74, 6) is 0.429. The molecule has 0 fully saturated rings. The molecule has 0 radical (unpaired) electrons. The number of nitrogens with two attached hydrogens (primary N) is 1. The number of nitrogens with one attached hydrogen (secondary N) is 1. The summed E-state index contributed by atoms with van der Waals surface area (Å²) in [6.45, 7) is 7.68. The standard InChI is InChI=1S/C14H21ClN2O2/c1-9-7-11(5-6-12(9)15)19-10(2)13(18)17-14(3,4)8-16/h5-7,10H,8,16H2,1-4H3,(H,17,18). The van der Waals surface area contributed by atoms with Crippen molar-refractivity contribution in [1.29, 1.82) is 0 Å². The van der Waals surface area contributed by atoms with E-state index in [2.05, 4.69) is 5.32 Å². The molecule has 19 heavy (non-hydrogen) atoms. The van der Waals surface area contributed by atoms with Gasteiger partial charge in [0.2, 0.25) is 0 Å². The SMILES string of the molecule is Cc1cc(OC(C)C(=O)NC(C)(C)CN)ccc1Cl. The molecule has 1 amide bonds. The van der Waals surface area contributed by atoms with E-state index in [1.54, 1.807) is 25.1 Å². The molecular weight excluding hydrogens is 264 g/mol. The van der Waals surface area contributed by atoms with Crippen LogP contribution in [0.5, 0.6) is 5.75 Å². The highest BCUT2D eigenvalue weighted by atomic mass is 35.5. The van der Waals surface area contributed by atoms with Gasteiger partial charge in [0.05, 0.1) is 0 Å². The highest BCUT2D eigenvalue weighted by Gasteiger charge is 2.23. The number of rotatable bonds is 5. The Balaban J connectivity index is 2.66. The second kappa shape index (κ2) is 6.26. The maximum atomic E-state index is 12.0. The van der Waals surface area contributed by atoms with Crippen LogP contribution in [0.2, 0.25) is 5.02 Å². The summed E-state index contributed by atoms with van der Waals surface area (Å²) in [7, 11) is 0. The fraction of sp³-hybridized carbons (Fsp3) is 0.500. The molecule has 1 aromatic carbocycles. The predicted octanol–water partition coefficient (Wildman–Crippen LogP) is 2.27. The van der Waals surface area contributed by atoms with Crippen molar-refractivity contribution in [3.63, 3.8) is 0 Å². The third-order valence-electron chi connectivity index (χ3n) is 2.78. The Bertz CT molecular complexity index is 461. The van der Waals surface area contributed by atoms with Gasteiger partial charge in [-0.1, -0.05) is 11.6 Å². The summed E-state index contributed by atoms with van der Waals surface area (Å²) < 4.78 is 5.59. The van der Waals surface area contributed by atoms with Crippen LogP contribution < -0.4 is 15.8 Å². The molecule has 0 aromatic heterocycles.